The number of aliphatic hydroxyl groups is 1. The summed E-state index contributed by atoms with van der Waals surface area (Å²) in [6, 6.07) is 9.67. The van der Waals surface area contributed by atoms with E-state index in [1.807, 2.05) is 30.3 Å². The van der Waals surface area contributed by atoms with Gasteiger partial charge in [0.05, 0.1) is 0 Å². The summed E-state index contributed by atoms with van der Waals surface area (Å²) in [6.45, 7) is 2.12. The Morgan fingerprint density at radius 2 is 1.94 bits per heavy atom. The minimum Gasteiger partial charge on any atom is -0.378 e. The third-order valence-corrected chi connectivity index (χ3v) is 4.05. The number of hydrogen-bond donors (Lipinski definition) is 1. The molecule has 1 atom stereocenters. The van der Waals surface area contributed by atoms with Gasteiger partial charge >= 0.3 is 0 Å². The van der Waals surface area contributed by atoms with Crippen LogP contribution in [0.25, 0.3) is 0 Å². The molecule has 0 saturated heterocycles. The molecule has 0 amide bonds. The smallest absolute Gasteiger partial charge is 0.140 e. The molecular formula is C14H16Br2O. The molecule has 17 heavy (non-hydrogen) atoms. The number of aliphatic hydroxyl groups excluding tert-OH is 1. The molecule has 0 aliphatic rings. The number of benzene rings is 1. The molecule has 0 spiro atoms. The van der Waals surface area contributed by atoms with E-state index in [-0.39, 0.29) is 0 Å². The number of hydrogen-bond acceptors (Lipinski definition) is 1. The van der Waals surface area contributed by atoms with Gasteiger partial charge in [-0.2, -0.15) is 0 Å². The molecule has 3 heteroatoms. The van der Waals surface area contributed by atoms with Gasteiger partial charge in [-0.3, -0.25) is 0 Å². The lowest BCUT2D eigenvalue weighted by atomic mass is 10.1. The Morgan fingerprint density at radius 3 is 2.53 bits per heavy atom. The fraction of sp³-hybridized carbons (Fsp3) is 0.429. The molecule has 0 aromatic heterocycles. The highest BCUT2D eigenvalue weighted by molar-refractivity contribution is 9.25. The monoisotopic (exact) mass is 358 g/mol. The fourth-order valence-corrected chi connectivity index (χ4v) is 2.12. The maximum atomic E-state index is 10.00. The van der Waals surface area contributed by atoms with E-state index in [4.69, 9.17) is 0 Å². The van der Waals surface area contributed by atoms with Crippen LogP contribution < -0.4 is 0 Å². The van der Waals surface area contributed by atoms with Crippen LogP contribution in [0.15, 0.2) is 30.3 Å². The predicted octanol–water partition coefficient (Wildman–Crippen LogP) is 4.08. The normalized spacial score (nSPS) is 12.7. The average molecular weight is 360 g/mol. The lowest BCUT2D eigenvalue weighted by Crippen LogP contribution is -2.28. The second-order valence-corrected chi connectivity index (χ2v) is 7.80. The van der Waals surface area contributed by atoms with Gasteiger partial charge in [-0.05, 0) is 18.6 Å². The zero-order valence-corrected chi connectivity index (χ0v) is 13.0. The van der Waals surface area contributed by atoms with Crippen molar-refractivity contribution in [1.82, 2.24) is 0 Å². The number of alkyl halides is 2. The van der Waals surface area contributed by atoms with Gasteiger partial charge in [0, 0.05) is 5.56 Å². The molecule has 0 fully saturated rings. The molecule has 0 unspecified atom stereocenters. The molecule has 1 rings (SSSR count). The topological polar surface area (TPSA) is 20.2 Å². The molecule has 1 nitrogen and oxygen atoms in total. The van der Waals surface area contributed by atoms with Crippen LogP contribution in [0.5, 0.6) is 0 Å². The summed E-state index contributed by atoms with van der Waals surface area (Å²) in [6.07, 6.45) is 2.25. The van der Waals surface area contributed by atoms with Crippen molar-refractivity contribution in [3.63, 3.8) is 0 Å². The van der Waals surface area contributed by atoms with Gasteiger partial charge in [-0.25, -0.2) is 0 Å². The van der Waals surface area contributed by atoms with E-state index >= 15 is 0 Å². The summed E-state index contributed by atoms with van der Waals surface area (Å²) < 4.78 is -0.502. The second-order valence-electron chi connectivity index (χ2n) is 3.90. The van der Waals surface area contributed by atoms with E-state index in [1.165, 1.54) is 0 Å². The Hall–Kier alpha value is -0.300. The minimum atomic E-state index is -0.728. The van der Waals surface area contributed by atoms with E-state index in [0.717, 1.165) is 24.8 Å². The summed E-state index contributed by atoms with van der Waals surface area (Å²) in [5, 5.41) is 10.00. The van der Waals surface area contributed by atoms with Crippen LogP contribution in [-0.2, 0) is 0 Å². The van der Waals surface area contributed by atoms with Crippen molar-refractivity contribution in [2.45, 2.75) is 35.5 Å². The highest BCUT2D eigenvalue weighted by Gasteiger charge is 2.30. The Labute approximate surface area is 120 Å². The van der Waals surface area contributed by atoms with E-state index in [9.17, 15) is 5.11 Å². The van der Waals surface area contributed by atoms with Crippen LogP contribution >= 0.6 is 31.9 Å². The molecule has 92 valence electrons. The highest BCUT2D eigenvalue weighted by atomic mass is 79.9. The van der Waals surface area contributed by atoms with Gasteiger partial charge in [0.1, 0.15) is 9.34 Å². The van der Waals surface area contributed by atoms with Crippen LogP contribution in [0.1, 0.15) is 31.7 Å². The number of halogens is 2. The molecule has 0 bridgehead atoms. The maximum absolute atomic E-state index is 10.00. The SMILES string of the molecule is CCCCC(Br)(Br)[C@@H](O)C#Cc1ccccc1. The number of unbranched alkanes of at least 4 members (excludes halogenated alkanes) is 1. The van der Waals surface area contributed by atoms with Crippen molar-refractivity contribution in [3.8, 4) is 11.8 Å². The molecular weight excluding hydrogens is 344 g/mol. The summed E-state index contributed by atoms with van der Waals surface area (Å²) >= 11 is 6.97. The van der Waals surface area contributed by atoms with Crippen LogP contribution in [0, 0.1) is 11.8 Å². The summed E-state index contributed by atoms with van der Waals surface area (Å²) in [5.74, 6) is 5.83. The van der Waals surface area contributed by atoms with Crippen LogP contribution in [0.2, 0.25) is 0 Å². The molecule has 0 heterocycles. The zero-order valence-electron chi connectivity index (χ0n) is 9.79. The van der Waals surface area contributed by atoms with E-state index in [2.05, 4.69) is 50.6 Å². The van der Waals surface area contributed by atoms with Gasteiger partial charge in [-0.1, -0.05) is 81.7 Å². The Bertz CT molecular complexity index is 390. The minimum absolute atomic E-state index is 0.502. The lowest BCUT2D eigenvalue weighted by Gasteiger charge is -2.22. The van der Waals surface area contributed by atoms with Crippen molar-refractivity contribution >= 4 is 31.9 Å². The van der Waals surface area contributed by atoms with Crippen molar-refractivity contribution < 1.29 is 5.11 Å². The van der Waals surface area contributed by atoms with Crippen molar-refractivity contribution in [2.75, 3.05) is 0 Å². The van der Waals surface area contributed by atoms with Gasteiger partial charge in [0.25, 0.3) is 0 Å². The Balaban J connectivity index is 2.65. The van der Waals surface area contributed by atoms with Gasteiger partial charge in [0.2, 0.25) is 0 Å². The van der Waals surface area contributed by atoms with E-state index in [0.29, 0.717) is 0 Å². The molecule has 1 aromatic carbocycles. The third kappa shape index (κ3) is 5.25. The third-order valence-electron chi connectivity index (χ3n) is 2.39. The Morgan fingerprint density at radius 1 is 1.29 bits per heavy atom. The van der Waals surface area contributed by atoms with Crippen molar-refractivity contribution in [3.05, 3.63) is 35.9 Å². The van der Waals surface area contributed by atoms with Gasteiger partial charge in [-0.15, -0.1) is 0 Å². The van der Waals surface area contributed by atoms with Crippen LogP contribution in [-0.4, -0.2) is 14.4 Å². The maximum Gasteiger partial charge on any atom is 0.140 e. The first kappa shape index (κ1) is 14.8. The fourth-order valence-electron chi connectivity index (χ4n) is 1.33. The first-order chi connectivity index (χ1) is 8.06. The van der Waals surface area contributed by atoms with Gasteiger partial charge < -0.3 is 5.11 Å². The molecule has 0 aliphatic carbocycles. The molecule has 1 aromatic rings. The molecule has 0 saturated carbocycles. The zero-order chi connectivity index (χ0) is 12.7. The predicted molar refractivity (Wildman–Crippen MR) is 79.4 cm³/mol. The summed E-state index contributed by atoms with van der Waals surface area (Å²) in [5.41, 5.74) is 0.915. The standard InChI is InChI=1S/C14H16Br2O/c1-2-3-11-14(15,16)13(17)10-9-12-7-5-4-6-8-12/h4-8,13,17H,2-3,11H2,1H3/t13-/m0/s1. The molecule has 0 radical (unpaired) electrons. The summed E-state index contributed by atoms with van der Waals surface area (Å²) in [7, 11) is 0. The first-order valence-electron chi connectivity index (χ1n) is 5.68. The van der Waals surface area contributed by atoms with E-state index in [1.54, 1.807) is 0 Å². The van der Waals surface area contributed by atoms with E-state index < -0.39 is 9.34 Å². The lowest BCUT2D eigenvalue weighted by molar-refractivity contribution is 0.217. The van der Waals surface area contributed by atoms with Crippen molar-refractivity contribution in [2.24, 2.45) is 0 Å². The highest BCUT2D eigenvalue weighted by Crippen LogP contribution is 2.35. The molecule has 0 aliphatic heterocycles. The van der Waals surface area contributed by atoms with Crippen molar-refractivity contribution in [1.29, 1.82) is 0 Å². The molecule has 1 N–H and O–H groups in total. The van der Waals surface area contributed by atoms with Crippen LogP contribution in [0.4, 0.5) is 0 Å². The van der Waals surface area contributed by atoms with Crippen LogP contribution in [0.3, 0.4) is 0 Å². The first-order valence-corrected chi connectivity index (χ1v) is 7.27. The van der Waals surface area contributed by atoms with Gasteiger partial charge in [0.15, 0.2) is 0 Å². The largest absolute Gasteiger partial charge is 0.378 e. The summed E-state index contributed by atoms with van der Waals surface area (Å²) in [4.78, 5) is 0. The quantitative estimate of drug-likeness (QED) is 0.634. The number of rotatable bonds is 4. The second kappa shape index (κ2) is 7.20. The Kier molecular flexibility index (Phi) is 6.26. The average Bonchev–Trinajstić information content (AvgIpc) is 2.34.